The third-order valence-electron chi connectivity index (χ3n) is 4.05. The number of rotatable bonds is 3. The molecule has 2 aromatic rings. The van der Waals surface area contributed by atoms with E-state index < -0.39 is 0 Å². The van der Waals surface area contributed by atoms with Crippen LogP contribution < -0.4 is 5.32 Å². The molecule has 0 bridgehead atoms. The fraction of sp³-hybridized carbons (Fsp3) is 0.412. The first-order valence-corrected chi connectivity index (χ1v) is 7.76. The Bertz CT molecular complexity index is 625. The number of nitrogens with one attached hydrogen (secondary N) is 1. The molecule has 1 unspecified atom stereocenters. The maximum atomic E-state index is 6.15. The molecule has 1 aromatic carbocycles. The van der Waals surface area contributed by atoms with Gasteiger partial charge in [0.15, 0.2) is 5.82 Å². The first-order valence-electron chi connectivity index (χ1n) is 7.38. The normalized spacial score (nSPS) is 20.4. The van der Waals surface area contributed by atoms with Crippen LogP contribution in [-0.4, -0.2) is 16.0 Å². The number of halogens is 1. The predicted molar refractivity (Wildman–Crippen MR) is 87.5 cm³/mol. The van der Waals surface area contributed by atoms with Crippen LogP contribution in [0.15, 0.2) is 36.4 Å². The maximum Gasteiger partial charge on any atom is 0.163 e. The van der Waals surface area contributed by atoms with E-state index in [2.05, 4.69) is 29.1 Å². The lowest BCUT2D eigenvalue weighted by Gasteiger charge is -2.18. The molecule has 1 fully saturated rings. The van der Waals surface area contributed by atoms with Crippen molar-refractivity contribution in [2.45, 2.75) is 39.2 Å². The fourth-order valence-corrected chi connectivity index (χ4v) is 3.16. The minimum absolute atomic E-state index is 0.413. The molecule has 0 amide bonds. The van der Waals surface area contributed by atoms with Gasteiger partial charge in [-0.3, -0.25) is 0 Å². The SMILES string of the molecule is CC1(C)CCC(Nc2cc(Cl)nc(-c3ccccc3)n2)C1. The topological polar surface area (TPSA) is 37.8 Å². The maximum absolute atomic E-state index is 6.15. The number of hydrogen-bond donors (Lipinski definition) is 1. The van der Waals surface area contributed by atoms with Crippen molar-refractivity contribution in [3.8, 4) is 11.4 Å². The molecule has 1 aliphatic carbocycles. The number of aromatic nitrogens is 2. The minimum atomic E-state index is 0.413. The van der Waals surface area contributed by atoms with Crippen molar-refractivity contribution >= 4 is 17.4 Å². The van der Waals surface area contributed by atoms with E-state index >= 15 is 0 Å². The van der Waals surface area contributed by atoms with E-state index in [0.717, 1.165) is 17.8 Å². The molecule has 0 aliphatic heterocycles. The van der Waals surface area contributed by atoms with Crippen LogP contribution in [-0.2, 0) is 0 Å². The van der Waals surface area contributed by atoms with Crippen molar-refractivity contribution in [3.63, 3.8) is 0 Å². The van der Waals surface area contributed by atoms with Crippen LogP contribution in [0.4, 0.5) is 5.82 Å². The zero-order valence-corrected chi connectivity index (χ0v) is 13.2. The highest BCUT2D eigenvalue weighted by Crippen LogP contribution is 2.38. The minimum Gasteiger partial charge on any atom is -0.367 e. The quantitative estimate of drug-likeness (QED) is 0.828. The highest BCUT2D eigenvalue weighted by Gasteiger charge is 2.31. The molecule has 1 saturated carbocycles. The van der Waals surface area contributed by atoms with Crippen molar-refractivity contribution in [1.82, 2.24) is 9.97 Å². The van der Waals surface area contributed by atoms with Gasteiger partial charge in [0.2, 0.25) is 0 Å². The van der Waals surface area contributed by atoms with E-state index in [1.165, 1.54) is 12.8 Å². The van der Waals surface area contributed by atoms with Crippen LogP contribution in [0.3, 0.4) is 0 Å². The Labute approximate surface area is 130 Å². The summed E-state index contributed by atoms with van der Waals surface area (Å²) in [6, 6.07) is 12.2. The summed E-state index contributed by atoms with van der Waals surface area (Å²) in [7, 11) is 0. The van der Waals surface area contributed by atoms with E-state index in [9.17, 15) is 0 Å². The van der Waals surface area contributed by atoms with Gasteiger partial charge < -0.3 is 5.32 Å². The van der Waals surface area contributed by atoms with Crippen molar-refractivity contribution in [2.75, 3.05) is 5.32 Å². The van der Waals surface area contributed by atoms with Crippen molar-refractivity contribution in [3.05, 3.63) is 41.6 Å². The summed E-state index contributed by atoms with van der Waals surface area (Å²) in [5.41, 5.74) is 1.39. The number of nitrogens with zero attached hydrogens (tertiary/aromatic N) is 2. The zero-order valence-electron chi connectivity index (χ0n) is 12.4. The van der Waals surface area contributed by atoms with Gasteiger partial charge in [0, 0.05) is 17.7 Å². The van der Waals surface area contributed by atoms with Crippen LogP contribution in [0.5, 0.6) is 0 Å². The average molecular weight is 302 g/mol. The standard InChI is InChI=1S/C17H20ClN3/c1-17(2)9-8-13(11-17)19-15-10-14(18)20-16(21-15)12-6-4-3-5-7-12/h3-7,10,13H,8-9,11H2,1-2H3,(H,19,20,21). The Kier molecular flexibility index (Phi) is 3.85. The molecular weight excluding hydrogens is 282 g/mol. The largest absolute Gasteiger partial charge is 0.367 e. The molecule has 21 heavy (non-hydrogen) atoms. The summed E-state index contributed by atoms with van der Waals surface area (Å²) < 4.78 is 0. The molecule has 110 valence electrons. The van der Waals surface area contributed by atoms with Gasteiger partial charge >= 0.3 is 0 Å². The highest BCUT2D eigenvalue weighted by atomic mass is 35.5. The van der Waals surface area contributed by atoms with Gasteiger partial charge in [-0.25, -0.2) is 9.97 Å². The first-order chi connectivity index (χ1) is 10.0. The number of benzene rings is 1. The van der Waals surface area contributed by atoms with E-state index in [1.54, 1.807) is 6.07 Å². The molecular formula is C17H20ClN3. The van der Waals surface area contributed by atoms with Crippen LogP contribution in [0.1, 0.15) is 33.1 Å². The molecule has 3 rings (SSSR count). The Morgan fingerprint density at radius 3 is 2.62 bits per heavy atom. The Morgan fingerprint density at radius 2 is 1.95 bits per heavy atom. The zero-order chi connectivity index (χ0) is 14.9. The van der Waals surface area contributed by atoms with Gasteiger partial charge in [0.25, 0.3) is 0 Å². The molecule has 0 radical (unpaired) electrons. The fourth-order valence-electron chi connectivity index (χ4n) is 2.98. The van der Waals surface area contributed by atoms with Gasteiger partial charge in [0.1, 0.15) is 11.0 Å². The monoisotopic (exact) mass is 301 g/mol. The molecule has 1 N–H and O–H groups in total. The second kappa shape index (κ2) is 5.64. The molecule has 0 saturated heterocycles. The van der Waals surface area contributed by atoms with Crippen molar-refractivity contribution in [2.24, 2.45) is 5.41 Å². The van der Waals surface area contributed by atoms with E-state index in [1.807, 2.05) is 30.3 Å². The Balaban J connectivity index is 1.82. The van der Waals surface area contributed by atoms with Gasteiger partial charge in [-0.2, -0.15) is 0 Å². The highest BCUT2D eigenvalue weighted by molar-refractivity contribution is 6.29. The van der Waals surface area contributed by atoms with Crippen LogP contribution >= 0.6 is 11.6 Å². The molecule has 1 heterocycles. The van der Waals surface area contributed by atoms with E-state index in [4.69, 9.17) is 11.6 Å². The Morgan fingerprint density at radius 1 is 1.19 bits per heavy atom. The summed E-state index contributed by atoms with van der Waals surface area (Å²) in [6.45, 7) is 4.63. The summed E-state index contributed by atoms with van der Waals surface area (Å²) in [6.07, 6.45) is 3.58. The molecule has 1 aliphatic rings. The average Bonchev–Trinajstić information content (AvgIpc) is 2.78. The molecule has 4 heteroatoms. The Hall–Kier alpha value is -1.61. The van der Waals surface area contributed by atoms with Crippen molar-refractivity contribution < 1.29 is 0 Å². The lowest BCUT2D eigenvalue weighted by atomic mass is 9.92. The third kappa shape index (κ3) is 3.53. The first kappa shape index (κ1) is 14.3. The van der Waals surface area contributed by atoms with Crippen molar-refractivity contribution in [1.29, 1.82) is 0 Å². The lowest BCUT2D eigenvalue weighted by molar-refractivity contribution is 0.378. The number of anilines is 1. The second-order valence-corrected chi connectivity index (χ2v) is 6.90. The smallest absolute Gasteiger partial charge is 0.163 e. The molecule has 1 aromatic heterocycles. The number of hydrogen-bond acceptors (Lipinski definition) is 3. The van der Waals surface area contributed by atoms with Gasteiger partial charge in [-0.15, -0.1) is 0 Å². The summed E-state index contributed by atoms with van der Waals surface area (Å²) in [4.78, 5) is 8.93. The molecule has 3 nitrogen and oxygen atoms in total. The van der Waals surface area contributed by atoms with E-state index in [0.29, 0.717) is 22.4 Å². The third-order valence-corrected chi connectivity index (χ3v) is 4.24. The summed E-state index contributed by atoms with van der Waals surface area (Å²) in [5.74, 6) is 1.49. The van der Waals surface area contributed by atoms with Gasteiger partial charge in [-0.1, -0.05) is 55.8 Å². The molecule has 1 atom stereocenters. The van der Waals surface area contributed by atoms with Crippen LogP contribution in [0.25, 0.3) is 11.4 Å². The predicted octanol–water partition coefficient (Wildman–Crippen LogP) is 4.79. The summed E-state index contributed by atoms with van der Waals surface area (Å²) >= 11 is 6.15. The summed E-state index contributed by atoms with van der Waals surface area (Å²) in [5, 5.41) is 3.99. The lowest BCUT2D eigenvalue weighted by Crippen LogP contribution is -2.18. The molecule has 0 spiro atoms. The van der Waals surface area contributed by atoms with Crippen LogP contribution in [0.2, 0.25) is 5.15 Å². The van der Waals surface area contributed by atoms with E-state index in [-0.39, 0.29) is 0 Å². The van der Waals surface area contributed by atoms with Gasteiger partial charge in [0.05, 0.1) is 0 Å². The second-order valence-electron chi connectivity index (χ2n) is 6.51. The van der Waals surface area contributed by atoms with Crippen LogP contribution in [0, 0.1) is 5.41 Å². The van der Waals surface area contributed by atoms with Gasteiger partial charge in [-0.05, 0) is 24.7 Å².